The number of carbonyl (C=O) groups excluding carboxylic acids is 4. The third-order valence-electron chi connectivity index (χ3n) is 4.49. The van der Waals surface area contributed by atoms with Crippen LogP contribution in [0.15, 0.2) is 18.2 Å². The van der Waals surface area contributed by atoms with Crippen molar-refractivity contribution in [1.29, 1.82) is 0 Å². The molecule has 0 saturated carbocycles. The van der Waals surface area contributed by atoms with E-state index in [4.69, 9.17) is 24.7 Å². The number of esters is 2. The number of ether oxygens (including phenoxy) is 6. The fourth-order valence-corrected chi connectivity index (χ4v) is 2.49. The van der Waals surface area contributed by atoms with E-state index >= 15 is 0 Å². The van der Waals surface area contributed by atoms with E-state index in [1.165, 1.54) is 18.2 Å². The van der Waals surface area contributed by atoms with Crippen LogP contribution in [0.5, 0.6) is 11.5 Å². The minimum atomic E-state index is -1.05. The van der Waals surface area contributed by atoms with E-state index in [2.05, 4.69) is 9.47 Å². The molecule has 0 aliphatic rings. The summed E-state index contributed by atoms with van der Waals surface area (Å²) in [7, 11) is 2.23. The molecule has 0 aliphatic heterocycles. The summed E-state index contributed by atoms with van der Waals surface area (Å²) in [6.45, 7) is 5.40. The van der Waals surface area contributed by atoms with Crippen LogP contribution in [0.3, 0.4) is 0 Å². The fraction of sp³-hybridized carbons (Fsp3) is 0.545. The third-order valence-corrected chi connectivity index (χ3v) is 4.49. The van der Waals surface area contributed by atoms with Crippen molar-refractivity contribution >= 4 is 24.2 Å². The van der Waals surface area contributed by atoms with Crippen LogP contribution in [0.25, 0.3) is 0 Å². The van der Waals surface area contributed by atoms with Crippen molar-refractivity contribution in [2.24, 2.45) is 11.7 Å². The van der Waals surface area contributed by atoms with Crippen LogP contribution in [0.2, 0.25) is 0 Å². The Balaban J connectivity index is 2.70. The van der Waals surface area contributed by atoms with Crippen LogP contribution in [-0.4, -0.2) is 57.2 Å². The highest BCUT2D eigenvalue weighted by molar-refractivity contribution is 5.76. The number of hydrogen-bond acceptors (Lipinski definition) is 11. The van der Waals surface area contributed by atoms with E-state index < -0.39 is 30.4 Å². The van der Waals surface area contributed by atoms with Crippen LogP contribution in [0, 0.1) is 5.92 Å². The second-order valence-corrected chi connectivity index (χ2v) is 7.35. The van der Waals surface area contributed by atoms with E-state index in [1.54, 1.807) is 6.92 Å². The van der Waals surface area contributed by atoms with Gasteiger partial charge in [-0.1, -0.05) is 26.3 Å². The zero-order valence-corrected chi connectivity index (χ0v) is 19.5. The molecule has 0 saturated heterocycles. The standard InChI is InChI=1S/C22H31NO10/c1-6-13(2)9-19(24)31-14(3)12-30-20(25)16(23)10-15-7-8-17(32-21(26)28-4)18(11-15)33-22(27)29-5/h7-8,11,13-14,16H,6,9-10,12,23H2,1-5H3/t13?,14-,16-/m0/s1. The zero-order valence-electron chi connectivity index (χ0n) is 19.5. The first-order valence-electron chi connectivity index (χ1n) is 10.4. The molecule has 33 heavy (non-hydrogen) atoms. The van der Waals surface area contributed by atoms with Gasteiger partial charge in [0.2, 0.25) is 0 Å². The summed E-state index contributed by atoms with van der Waals surface area (Å²) >= 11 is 0. The van der Waals surface area contributed by atoms with E-state index in [0.29, 0.717) is 12.0 Å². The van der Waals surface area contributed by atoms with E-state index in [0.717, 1.165) is 20.6 Å². The summed E-state index contributed by atoms with van der Waals surface area (Å²) in [5, 5.41) is 0. The predicted molar refractivity (Wildman–Crippen MR) is 115 cm³/mol. The van der Waals surface area contributed by atoms with Gasteiger partial charge in [-0.15, -0.1) is 0 Å². The third kappa shape index (κ3) is 10.2. The molecule has 11 heteroatoms. The Hall–Kier alpha value is -3.34. The molecule has 1 aromatic rings. The van der Waals surface area contributed by atoms with Crippen LogP contribution >= 0.6 is 0 Å². The van der Waals surface area contributed by atoms with Crippen LogP contribution < -0.4 is 15.2 Å². The van der Waals surface area contributed by atoms with Crippen LogP contribution in [0.4, 0.5) is 9.59 Å². The number of benzene rings is 1. The molecule has 0 radical (unpaired) electrons. The summed E-state index contributed by atoms with van der Waals surface area (Å²) in [6.07, 6.45) is -1.50. The highest BCUT2D eigenvalue weighted by atomic mass is 16.7. The van der Waals surface area contributed by atoms with Crippen molar-refractivity contribution in [2.75, 3.05) is 20.8 Å². The normalized spacial score (nSPS) is 13.2. The van der Waals surface area contributed by atoms with Gasteiger partial charge in [-0.3, -0.25) is 9.59 Å². The molecule has 2 N–H and O–H groups in total. The van der Waals surface area contributed by atoms with Crippen molar-refractivity contribution in [1.82, 2.24) is 0 Å². The molecule has 3 atom stereocenters. The van der Waals surface area contributed by atoms with Crippen molar-refractivity contribution < 1.29 is 47.6 Å². The lowest BCUT2D eigenvalue weighted by Gasteiger charge is -2.17. The summed E-state index contributed by atoms with van der Waals surface area (Å²) in [6, 6.07) is 3.18. The lowest BCUT2D eigenvalue weighted by Crippen LogP contribution is -2.36. The van der Waals surface area contributed by atoms with Gasteiger partial charge in [0.05, 0.1) is 14.2 Å². The van der Waals surface area contributed by atoms with Gasteiger partial charge in [0.1, 0.15) is 18.8 Å². The summed E-state index contributed by atoms with van der Waals surface area (Å²) in [5.74, 6) is -1.08. The molecule has 1 unspecified atom stereocenters. The second-order valence-electron chi connectivity index (χ2n) is 7.35. The smallest absolute Gasteiger partial charge is 0.461 e. The van der Waals surface area contributed by atoms with E-state index in [9.17, 15) is 19.2 Å². The summed E-state index contributed by atoms with van der Waals surface area (Å²) in [5.41, 5.74) is 6.41. The number of nitrogens with two attached hydrogens (primary N) is 1. The van der Waals surface area contributed by atoms with Crippen molar-refractivity contribution in [3.05, 3.63) is 23.8 Å². The quantitative estimate of drug-likeness (QED) is 0.289. The molecule has 0 amide bonds. The first kappa shape index (κ1) is 27.7. The van der Waals surface area contributed by atoms with Crippen molar-refractivity contribution in [3.63, 3.8) is 0 Å². The Labute approximate surface area is 192 Å². The van der Waals surface area contributed by atoms with Crippen molar-refractivity contribution in [2.45, 2.75) is 52.2 Å². The average molecular weight is 469 g/mol. The highest BCUT2D eigenvalue weighted by Gasteiger charge is 2.21. The highest BCUT2D eigenvalue weighted by Crippen LogP contribution is 2.29. The van der Waals surface area contributed by atoms with Gasteiger partial charge < -0.3 is 34.2 Å². The minimum Gasteiger partial charge on any atom is -0.461 e. The molecule has 0 fully saturated rings. The summed E-state index contributed by atoms with van der Waals surface area (Å²) in [4.78, 5) is 46.9. The van der Waals surface area contributed by atoms with Gasteiger partial charge in [-0.05, 0) is 37.0 Å². The molecule has 0 bridgehead atoms. The molecule has 0 heterocycles. The predicted octanol–water partition coefficient (Wildman–Crippen LogP) is 2.76. The first-order chi connectivity index (χ1) is 15.6. The van der Waals surface area contributed by atoms with E-state index in [1.807, 2.05) is 13.8 Å². The van der Waals surface area contributed by atoms with Gasteiger partial charge in [0, 0.05) is 6.42 Å². The molecular weight excluding hydrogens is 438 g/mol. The monoisotopic (exact) mass is 469 g/mol. The number of methoxy groups -OCH3 is 2. The molecular formula is C22H31NO10. The molecule has 1 rings (SSSR count). The Morgan fingerprint density at radius 2 is 1.58 bits per heavy atom. The Morgan fingerprint density at radius 3 is 2.15 bits per heavy atom. The van der Waals surface area contributed by atoms with Crippen LogP contribution in [0.1, 0.15) is 39.2 Å². The lowest BCUT2D eigenvalue weighted by molar-refractivity contribution is -0.159. The van der Waals surface area contributed by atoms with Gasteiger partial charge >= 0.3 is 24.2 Å². The van der Waals surface area contributed by atoms with Gasteiger partial charge in [-0.25, -0.2) is 9.59 Å². The second kappa shape index (κ2) is 13.9. The fourth-order valence-electron chi connectivity index (χ4n) is 2.49. The topological polar surface area (TPSA) is 150 Å². The van der Waals surface area contributed by atoms with Gasteiger partial charge in [-0.2, -0.15) is 0 Å². The molecule has 1 aromatic carbocycles. The molecule has 184 valence electrons. The molecule has 11 nitrogen and oxygen atoms in total. The lowest BCUT2D eigenvalue weighted by atomic mass is 10.1. The number of rotatable bonds is 11. The SMILES string of the molecule is CCC(C)CC(=O)O[C@@H](C)COC(=O)[C@@H](N)Cc1ccc(OC(=O)OC)c(OC(=O)OC)c1. The largest absolute Gasteiger partial charge is 0.513 e. The first-order valence-corrected chi connectivity index (χ1v) is 10.4. The maximum absolute atomic E-state index is 12.2. The molecule has 0 aliphatic carbocycles. The van der Waals surface area contributed by atoms with Gasteiger partial charge in [0.15, 0.2) is 11.5 Å². The van der Waals surface area contributed by atoms with E-state index in [-0.39, 0.29) is 36.4 Å². The average Bonchev–Trinajstić information content (AvgIpc) is 2.78. The van der Waals surface area contributed by atoms with Crippen LogP contribution in [-0.2, 0) is 35.0 Å². The number of carbonyl (C=O) groups is 4. The molecule has 0 spiro atoms. The summed E-state index contributed by atoms with van der Waals surface area (Å²) < 4.78 is 29.1. The molecule has 0 aromatic heterocycles. The maximum Gasteiger partial charge on any atom is 0.513 e. The van der Waals surface area contributed by atoms with Crippen molar-refractivity contribution in [3.8, 4) is 11.5 Å². The zero-order chi connectivity index (χ0) is 25.0. The maximum atomic E-state index is 12.2. The number of hydrogen-bond donors (Lipinski definition) is 1. The van der Waals surface area contributed by atoms with Gasteiger partial charge in [0.25, 0.3) is 0 Å². The Morgan fingerprint density at radius 1 is 0.970 bits per heavy atom. The Bertz CT molecular complexity index is 825. The Kier molecular flexibility index (Phi) is 11.7. The minimum absolute atomic E-state index is 0.0249.